The lowest BCUT2D eigenvalue weighted by Crippen LogP contribution is -2.39. The van der Waals surface area contributed by atoms with Gasteiger partial charge in [-0.1, -0.05) is 6.42 Å². The van der Waals surface area contributed by atoms with Gasteiger partial charge in [0.25, 0.3) is 5.56 Å². The summed E-state index contributed by atoms with van der Waals surface area (Å²) < 4.78 is 19.4. The zero-order valence-corrected chi connectivity index (χ0v) is 12.6. The van der Waals surface area contributed by atoms with Gasteiger partial charge in [0, 0.05) is 25.1 Å². The van der Waals surface area contributed by atoms with E-state index in [1.54, 1.807) is 0 Å². The topological polar surface area (TPSA) is 103 Å². The van der Waals surface area contributed by atoms with Gasteiger partial charge in [0.2, 0.25) is 0 Å². The molecule has 0 radical (unpaired) electrons. The molecule has 2 saturated heterocycles. The SMILES string of the molecule is O=c1ccn(C2OC(CO)C3OC4(CCCCC4)OC32)c(=O)[nH]1. The average molecular weight is 324 g/mol. The van der Waals surface area contributed by atoms with E-state index in [9.17, 15) is 14.7 Å². The molecule has 0 aromatic carbocycles. The summed E-state index contributed by atoms with van der Waals surface area (Å²) in [6.07, 6.45) is 4.07. The third-order valence-corrected chi connectivity index (χ3v) is 4.91. The predicted octanol–water partition coefficient (Wildman–Crippen LogP) is -0.129. The Balaban J connectivity index is 1.66. The second-order valence-electron chi connectivity index (χ2n) is 6.40. The van der Waals surface area contributed by atoms with Gasteiger partial charge in [-0.15, -0.1) is 0 Å². The van der Waals surface area contributed by atoms with E-state index in [1.165, 1.54) is 16.8 Å². The second kappa shape index (κ2) is 5.55. The molecule has 4 atom stereocenters. The number of nitrogens with zero attached hydrogens (tertiary/aromatic N) is 1. The van der Waals surface area contributed by atoms with Crippen LogP contribution in [0, 0.1) is 0 Å². The van der Waals surface area contributed by atoms with Crippen molar-refractivity contribution in [1.29, 1.82) is 0 Å². The first-order valence-electron chi connectivity index (χ1n) is 8.05. The quantitative estimate of drug-likeness (QED) is 0.786. The molecular formula is C15H20N2O6. The third-order valence-electron chi connectivity index (χ3n) is 4.91. The summed E-state index contributed by atoms with van der Waals surface area (Å²) in [4.78, 5) is 25.5. The summed E-state index contributed by atoms with van der Waals surface area (Å²) in [7, 11) is 0. The number of hydrogen-bond donors (Lipinski definition) is 2. The van der Waals surface area contributed by atoms with Crippen LogP contribution in [0.4, 0.5) is 0 Å². The van der Waals surface area contributed by atoms with Crippen LogP contribution < -0.4 is 11.2 Å². The monoisotopic (exact) mass is 324 g/mol. The molecule has 2 N–H and O–H groups in total. The van der Waals surface area contributed by atoms with E-state index in [0.717, 1.165) is 32.1 Å². The molecule has 126 valence electrons. The highest BCUT2D eigenvalue weighted by Crippen LogP contribution is 2.47. The fraction of sp³-hybridized carbons (Fsp3) is 0.733. The zero-order chi connectivity index (χ0) is 16.0. The molecule has 1 saturated carbocycles. The Kier molecular flexibility index (Phi) is 3.64. The molecule has 0 amide bonds. The molecule has 3 aliphatic rings. The lowest BCUT2D eigenvalue weighted by atomic mass is 9.94. The normalized spacial score (nSPS) is 35.5. The second-order valence-corrected chi connectivity index (χ2v) is 6.40. The first-order chi connectivity index (χ1) is 11.1. The molecular weight excluding hydrogens is 304 g/mol. The van der Waals surface area contributed by atoms with Gasteiger partial charge in [0.1, 0.15) is 18.3 Å². The van der Waals surface area contributed by atoms with Gasteiger partial charge in [-0.05, 0) is 12.8 Å². The number of ether oxygens (including phenoxy) is 3. The van der Waals surface area contributed by atoms with Crippen LogP contribution in [0.15, 0.2) is 21.9 Å². The molecule has 0 bridgehead atoms. The highest BCUT2D eigenvalue weighted by atomic mass is 16.8. The zero-order valence-electron chi connectivity index (χ0n) is 12.6. The van der Waals surface area contributed by atoms with Crippen molar-refractivity contribution in [3.63, 3.8) is 0 Å². The molecule has 1 aromatic heterocycles. The highest BCUT2D eigenvalue weighted by molar-refractivity contribution is 5.00. The molecule has 1 spiro atoms. The Hall–Kier alpha value is -1.48. The number of hydrogen-bond acceptors (Lipinski definition) is 6. The van der Waals surface area contributed by atoms with Gasteiger partial charge in [-0.2, -0.15) is 0 Å². The standard InChI is InChI=1S/C15H20N2O6/c18-8-9-11-12(23-15(22-11)5-2-1-3-6-15)13(21-9)17-7-4-10(19)16-14(17)20/h4,7,9,11-13,18H,1-3,5-6,8H2,(H,16,19,20). The number of aliphatic hydroxyl groups is 1. The number of aromatic nitrogens is 2. The van der Waals surface area contributed by atoms with E-state index in [4.69, 9.17) is 14.2 Å². The largest absolute Gasteiger partial charge is 0.394 e. The number of fused-ring (bicyclic) bond motifs is 1. The van der Waals surface area contributed by atoms with Crippen LogP contribution in [0.3, 0.4) is 0 Å². The van der Waals surface area contributed by atoms with Crippen molar-refractivity contribution >= 4 is 0 Å². The van der Waals surface area contributed by atoms with Crippen LogP contribution in [0.1, 0.15) is 38.3 Å². The Labute approximate surface area is 132 Å². The maximum Gasteiger partial charge on any atom is 0.330 e. The van der Waals surface area contributed by atoms with Crippen LogP contribution >= 0.6 is 0 Å². The number of aromatic amines is 1. The maximum absolute atomic E-state index is 12.0. The molecule has 1 aliphatic carbocycles. The van der Waals surface area contributed by atoms with Crippen molar-refractivity contribution in [2.24, 2.45) is 0 Å². The molecule has 4 rings (SSSR count). The average Bonchev–Trinajstić information content (AvgIpc) is 3.04. The number of nitrogens with one attached hydrogen (secondary N) is 1. The van der Waals surface area contributed by atoms with Gasteiger partial charge >= 0.3 is 5.69 Å². The van der Waals surface area contributed by atoms with Gasteiger partial charge in [-0.25, -0.2) is 4.79 Å². The van der Waals surface area contributed by atoms with Crippen molar-refractivity contribution in [3.05, 3.63) is 33.1 Å². The van der Waals surface area contributed by atoms with Crippen LogP contribution in [-0.2, 0) is 14.2 Å². The highest BCUT2D eigenvalue weighted by Gasteiger charge is 2.58. The van der Waals surface area contributed by atoms with Crippen molar-refractivity contribution in [1.82, 2.24) is 9.55 Å². The van der Waals surface area contributed by atoms with E-state index in [-0.39, 0.29) is 6.61 Å². The fourth-order valence-electron chi connectivity index (χ4n) is 3.82. The number of rotatable bonds is 2. The summed E-state index contributed by atoms with van der Waals surface area (Å²) in [5.74, 6) is -0.630. The Bertz CT molecular complexity index is 692. The number of H-pyrrole nitrogens is 1. The van der Waals surface area contributed by atoms with E-state index < -0.39 is 41.6 Å². The van der Waals surface area contributed by atoms with Crippen LogP contribution in [0.5, 0.6) is 0 Å². The predicted molar refractivity (Wildman–Crippen MR) is 77.9 cm³/mol. The third kappa shape index (κ3) is 2.46. The molecule has 4 unspecified atom stereocenters. The van der Waals surface area contributed by atoms with Crippen LogP contribution in [0.2, 0.25) is 0 Å². The summed E-state index contributed by atoms with van der Waals surface area (Å²) in [6, 6.07) is 1.26. The van der Waals surface area contributed by atoms with Gasteiger partial charge < -0.3 is 19.3 Å². The van der Waals surface area contributed by atoms with Gasteiger partial charge in [0.05, 0.1) is 6.61 Å². The smallest absolute Gasteiger partial charge is 0.330 e. The van der Waals surface area contributed by atoms with Crippen molar-refractivity contribution in [2.75, 3.05) is 6.61 Å². The molecule has 2 aliphatic heterocycles. The Morgan fingerprint density at radius 3 is 2.65 bits per heavy atom. The lowest BCUT2D eigenvalue weighted by molar-refractivity contribution is -0.233. The first kappa shape index (κ1) is 15.1. The molecule has 3 fully saturated rings. The van der Waals surface area contributed by atoms with Crippen molar-refractivity contribution < 1.29 is 19.3 Å². The minimum absolute atomic E-state index is 0.213. The summed E-state index contributed by atoms with van der Waals surface area (Å²) in [5.41, 5.74) is -1.03. The summed E-state index contributed by atoms with van der Waals surface area (Å²) >= 11 is 0. The Morgan fingerprint density at radius 2 is 1.96 bits per heavy atom. The van der Waals surface area contributed by atoms with Crippen LogP contribution in [0.25, 0.3) is 0 Å². The van der Waals surface area contributed by atoms with Crippen molar-refractivity contribution in [2.45, 2.75) is 62.4 Å². The summed E-state index contributed by atoms with van der Waals surface area (Å²) in [5, 5.41) is 9.57. The maximum atomic E-state index is 12.0. The molecule has 8 heteroatoms. The fourth-order valence-corrected chi connectivity index (χ4v) is 3.82. The van der Waals surface area contributed by atoms with Crippen molar-refractivity contribution in [3.8, 4) is 0 Å². The minimum atomic E-state index is -0.720. The molecule has 23 heavy (non-hydrogen) atoms. The van der Waals surface area contributed by atoms with E-state index >= 15 is 0 Å². The lowest BCUT2D eigenvalue weighted by Gasteiger charge is -2.34. The van der Waals surface area contributed by atoms with Gasteiger partial charge in [0.15, 0.2) is 12.0 Å². The van der Waals surface area contributed by atoms with Crippen LogP contribution in [-0.4, -0.2) is 45.4 Å². The summed E-state index contributed by atoms with van der Waals surface area (Å²) in [6.45, 7) is -0.213. The molecule has 1 aromatic rings. The first-order valence-corrected chi connectivity index (χ1v) is 8.05. The van der Waals surface area contributed by atoms with E-state index in [1.807, 2.05) is 0 Å². The van der Waals surface area contributed by atoms with E-state index in [2.05, 4.69) is 4.98 Å². The molecule has 8 nitrogen and oxygen atoms in total. The number of aliphatic hydroxyl groups excluding tert-OH is 1. The molecule has 3 heterocycles. The van der Waals surface area contributed by atoms with E-state index in [0.29, 0.717) is 0 Å². The minimum Gasteiger partial charge on any atom is -0.394 e. The Morgan fingerprint density at radius 1 is 1.22 bits per heavy atom. The van der Waals surface area contributed by atoms with Gasteiger partial charge in [-0.3, -0.25) is 14.3 Å².